The molecule has 2 fully saturated rings. The molecule has 0 aromatic carbocycles. The van der Waals surface area contributed by atoms with Crippen LogP contribution in [0.25, 0.3) is 0 Å². The highest BCUT2D eigenvalue weighted by Gasteiger charge is 2.43. The zero-order chi connectivity index (χ0) is 15.6. The summed E-state index contributed by atoms with van der Waals surface area (Å²) in [6.45, 7) is 18.7. The van der Waals surface area contributed by atoms with Gasteiger partial charge in [0.2, 0.25) is 0 Å². The minimum Gasteiger partial charge on any atom is -0.348 e. The Morgan fingerprint density at radius 2 is 1.05 bits per heavy atom. The van der Waals surface area contributed by atoms with Crippen molar-refractivity contribution in [2.24, 2.45) is 17.3 Å². The standard InChI is InChI=1S/C17H28O4/c1-11(2)13(5)15-18-7-17(8-19-15)9-20-16(21-10-17)14(6)12(3)4/h11-12,15-16H,5-10H2,1-4H3. The third kappa shape index (κ3) is 3.75. The van der Waals surface area contributed by atoms with Gasteiger partial charge in [0.1, 0.15) is 0 Å². The molecule has 21 heavy (non-hydrogen) atoms. The van der Waals surface area contributed by atoms with Crippen molar-refractivity contribution >= 4 is 0 Å². The van der Waals surface area contributed by atoms with Gasteiger partial charge in [-0.05, 0) is 23.0 Å². The molecule has 0 bridgehead atoms. The van der Waals surface area contributed by atoms with Crippen molar-refractivity contribution in [3.63, 3.8) is 0 Å². The van der Waals surface area contributed by atoms with Crippen molar-refractivity contribution in [3.05, 3.63) is 24.3 Å². The molecule has 0 aromatic rings. The third-order valence-electron chi connectivity index (χ3n) is 4.25. The van der Waals surface area contributed by atoms with Crippen molar-refractivity contribution in [1.82, 2.24) is 0 Å². The van der Waals surface area contributed by atoms with Gasteiger partial charge in [0, 0.05) is 0 Å². The molecule has 4 nitrogen and oxygen atoms in total. The Balaban J connectivity index is 1.86. The van der Waals surface area contributed by atoms with Crippen LogP contribution < -0.4 is 0 Å². The van der Waals surface area contributed by atoms with E-state index in [4.69, 9.17) is 18.9 Å². The highest BCUT2D eigenvalue weighted by molar-refractivity contribution is 5.05. The van der Waals surface area contributed by atoms with Crippen LogP contribution in [0.15, 0.2) is 24.3 Å². The highest BCUT2D eigenvalue weighted by atomic mass is 16.7. The summed E-state index contributed by atoms with van der Waals surface area (Å²) in [5.74, 6) is 0.698. The number of hydrogen-bond acceptors (Lipinski definition) is 4. The topological polar surface area (TPSA) is 36.9 Å². The lowest BCUT2D eigenvalue weighted by atomic mass is 9.89. The van der Waals surface area contributed by atoms with Crippen LogP contribution in [0.1, 0.15) is 27.7 Å². The molecule has 120 valence electrons. The van der Waals surface area contributed by atoms with Crippen LogP contribution >= 0.6 is 0 Å². The Morgan fingerprint density at radius 3 is 1.29 bits per heavy atom. The maximum Gasteiger partial charge on any atom is 0.179 e. The first-order valence-corrected chi connectivity index (χ1v) is 7.68. The molecule has 4 heteroatoms. The second-order valence-corrected chi connectivity index (χ2v) is 6.87. The monoisotopic (exact) mass is 296 g/mol. The van der Waals surface area contributed by atoms with Gasteiger partial charge in [-0.25, -0.2) is 0 Å². The largest absolute Gasteiger partial charge is 0.348 e. The first-order chi connectivity index (χ1) is 9.84. The van der Waals surface area contributed by atoms with E-state index in [0.29, 0.717) is 38.3 Å². The van der Waals surface area contributed by atoms with E-state index in [1.54, 1.807) is 0 Å². The summed E-state index contributed by atoms with van der Waals surface area (Å²) in [6, 6.07) is 0. The summed E-state index contributed by atoms with van der Waals surface area (Å²) in [5.41, 5.74) is 1.75. The predicted octanol–water partition coefficient (Wildman–Crippen LogP) is 3.14. The Hall–Kier alpha value is -0.680. The van der Waals surface area contributed by atoms with Gasteiger partial charge >= 0.3 is 0 Å². The van der Waals surface area contributed by atoms with Gasteiger partial charge < -0.3 is 18.9 Å². The Labute approximate surface area is 128 Å². The Morgan fingerprint density at radius 1 is 0.762 bits per heavy atom. The molecule has 2 aliphatic heterocycles. The lowest BCUT2D eigenvalue weighted by Crippen LogP contribution is -2.53. The predicted molar refractivity (Wildman–Crippen MR) is 81.8 cm³/mol. The number of ether oxygens (including phenoxy) is 4. The smallest absolute Gasteiger partial charge is 0.179 e. The van der Waals surface area contributed by atoms with Crippen LogP contribution in [0.4, 0.5) is 0 Å². The maximum absolute atomic E-state index is 5.83. The van der Waals surface area contributed by atoms with Gasteiger partial charge in [-0.3, -0.25) is 0 Å². The van der Waals surface area contributed by atoms with E-state index in [9.17, 15) is 0 Å². The molecule has 0 amide bonds. The fraction of sp³-hybridized carbons (Fsp3) is 0.765. The van der Waals surface area contributed by atoms with Gasteiger partial charge in [0.15, 0.2) is 12.6 Å². The molecular weight excluding hydrogens is 268 g/mol. The van der Waals surface area contributed by atoms with Gasteiger partial charge in [0.25, 0.3) is 0 Å². The van der Waals surface area contributed by atoms with Crippen molar-refractivity contribution in [2.45, 2.75) is 40.3 Å². The zero-order valence-corrected chi connectivity index (χ0v) is 13.7. The van der Waals surface area contributed by atoms with Gasteiger partial charge in [0.05, 0.1) is 31.8 Å². The fourth-order valence-corrected chi connectivity index (χ4v) is 2.33. The minimum atomic E-state index is -0.307. The van der Waals surface area contributed by atoms with Crippen LogP contribution in [0.5, 0.6) is 0 Å². The lowest BCUT2D eigenvalue weighted by molar-refractivity contribution is -0.288. The molecule has 2 aliphatic rings. The third-order valence-corrected chi connectivity index (χ3v) is 4.25. The van der Waals surface area contributed by atoms with E-state index < -0.39 is 0 Å². The molecule has 2 saturated heterocycles. The van der Waals surface area contributed by atoms with Crippen LogP contribution in [0.3, 0.4) is 0 Å². The fourth-order valence-electron chi connectivity index (χ4n) is 2.33. The highest BCUT2D eigenvalue weighted by Crippen LogP contribution is 2.34. The van der Waals surface area contributed by atoms with Gasteiger partial charge in [-0.1, -0.05) is 40.9 Å². The van der Waals surface area contributed by atoms with Gasteiger partial charge in [-0.15, -0.1) is 0 Å². The summed E-state index contributed by atoms with van der Waals surface area (Å²) in [5, 5.41) is 0. The molecule has 0 radical (unpaired) electrons. The average Bonchev–Trinajstić information content (AvgIpc) is 2.47. The molecule has 2 rings (SSSR count). The first-order valence-electron chi connectivity index (χ1n) is 7.68. The molecule has 0 N–H and O–H groups in total. The Kier molecular flexibility index (Phi) is 5.25. The van der Waals surface area contributed by atoms with E-state index >= 15 is 0 Å². The molecule has 0 atom stereocenters. The summed E-state index contributed by atoms with van der Waals surface area (Å²) in [7, 11) is 0. The van der Waals surface area contributed by atoms with E-state index in [1.165, 1.54) is 0 Å². The van der Waals surface area contributed by atoms with E-state index in [-0.39, 0.29) is 18.0 Å². The normalized spacial score (nSPS) is 33.6. The Bertz CT molecular complexity index is 342. The molecule has 0 aromatic heterocycles. The molecule has 0 unspecified atom stereocenters. The lowest BCUT2D eigenvalue weighted by Gasteiger charge is -2.44. The van der Waals surface area contributed by atoms with E-state index in [1.807, 2.05) is 0 Å². The number of hydrogen-bond donors (Lipinski definition) is 0. The van der Waals surface area contributed by atoms with Crippen LogP contribution in [0, 0.1) is 17.3 Å². The maximum atomic E-state index is 5.83. The first kappa shape index (κ1) is 16.7. The molecular formula is C17H28O4. The van der Waals surface area contributed by atoms with E-state index in [0.717, 1.165) is 11.1 Å². The zero-order valence-electron chi connectivity index (χ0n) is 13.7. The van der Waals surface area contributed by atoms with Crippen molar-refractivity contribution in [3.8, 4) is 0 Å². The van der Waals surface area contributed by atoms with Crippen LogP contribution in [-0.4, -0.2) is 39.0 Å². The van der Waals surface area contributed by atoms with Crippen LogP contribution in [0.2, 0.25) is 0 Å². The second-order valence-electron chi connectivity index (χ2n) is 6.87. The van der Waals surface area contributed by atoms with Crippen molar-refractivity contribution < 1.29 is 18.9 Å². The van der Waals surface area contributed by atoms with Gasteiger partial charge in [-0.2, -0.15) is 0 Å². The number of rotatable bonds is 4. The molecule has 1 spiro atoms. The summed E-state index contributed by atoms with van der Waals surface area (Å²) >= 11 is 0. The summed E-state index contributed by atoms with van der Waals surface area (Å²) in [6.07, 6.45) is -0.613. The molecule has 0 saturated carbocycles. The SMILES string of the molecule is C=C(C(C)C)C1OCC2(CO1)COC(C(=C)C(C)C)OC2. The van der Waals surface area contributed by atoms with Crippen molar-refractivity contribution in [2.75, 3.05) is 26.4 Å². The van der Waals surface area contributed by atoms with Crippen LogP contribution in [-0.2, 0) is 18.9 Å². The molecule has 2 heterocycles. The summed E-state index contributed by atoms with van der Waals surface area (Å²) in [4.78, 5) is 0. The summed E-state index contributed by atoms with van der Waals surface area (Å²) < 4.78 is 23.3. The molecule has 0 aliphatic carbocycles. The second kappa shape index (κ2) is 6.61. The van der Waals surface area contributed by atoms with Crippen molar-refractivity contribution in [1.29, 1.82) is 0 Å². The van der Waals surface area contributed by atoms with E-state index in [2.05, 4.69) is 40.9 Å². The minimum absolute atomic E-state index is 0.207. The average molecular weight is 296 g/mol. The quantitative estimate of drug-likeness (QED) is 0.747.